The van der Waals surface area contributed by atoms with E-state index in [1.54, 1.807) is 24.3 Å². The minimum Gasteiger partial charge on any atom is -0.423 e. The van der Waals surface area contributed by atoms with Crippen LogP contribution in [0.1, 0.15) is 21.5 Å². The van der Waals surface area contributed by atoms with E-state index in [0.717, 1.165) is 10.0 Å². The second kappa shape index (κ2) is 10.8. The number of ether oxygens (including phenoxy) is 1. The molecule has 3 aromatic rings. The number of hydrogen-bond donors (Lipinski definition) is 1. The Hall–Kier alpha value is -4.11. The lowest BCUT2D eigenvalue weighted by Gasteiger charge is -2.06. The van der Waals surface area contributed by atoms with E-state index >= 15 is 0 Å². The van der Waals surface area contributed by atoms with Crippen LogP contribution >= 0.6 is 15.9 Å². The number of nitro groups is 1. The van der Waals surface area contributed by atoms with Gasteiger partial charge in [-0.25, -0.2) is 10.2 Å². The van der Waals surface area contributed by atoms with Crippen molar-refractivity contribution in [3.05, 3.63) is 110 Å². The number of nitro benzene ring substituents is 1. The van der Waals surface area contributed by atoms with Crippen LogP contribution < -0.4 is 10.2 Å². The largest absolute Gasteiger partial charge is 0.423 e. The van der Waals surface area contributed by atoms with E-state index in [9.17, 15) is 19.7 Å². The van der Waals surface area contributed by atoms with Crippen LogP contribution in [0.5, 0.6) is 5.75 Å². The number of carbonyl (C=O) groups excluding carboxylic acids is 2. The third-order valence-electron chi connectivity index (χ3n) is 4.10. The van der Waals surface area contributed by atoms with E-state index in [-0.39, 0.29) is 17.0 Å². The number of halogens is 1. The molecule has 0 atom stereocenters. The molecular weight excluding hydrogens is 478 g/mol. The predicted octanol–water partition coefficient (Wildman–Crippen LogP) is 4.74. The number of nitrogens with zero attached hydrogens (tertiary/aromatic N) is 2. The summed E-state index contributed by atoms with van der Waals surface area (Å²) in [6.45, 7) is 0. The van der Waals surface area contributed by atoms with Crippen LogP contribution in [0.25, 0.3) is 6.08 Å². The lowest BCUT2D eigenvalue weighted by Crippen LogP contribution is -2.17. The van der Waals surface area contributed by atoms with E-state index < -0.39 is 16.8 Å². The zero-order valence-electron chi connectivity index (χ0n) is 16.5. The third-order valence-corrected chi connectivity index (χ3v) is 4.60. The Balaban J connectivity index is 1.67. The zero-order valence-corrected chi connectivity index (χ0v) is 18.1. The van der Waals surface area contributed by atoms with Crippen LogP contribution in [0.3, 0.4) is 0 Å². The molecule has 32 heavy (non-hydrogen) atoms. The maximum absolute atomic E-state index is 12.2. The number of non-ortho nitro benzene ring substituents is 1. The van der Waals surface area contributed by atoms with Gasteiger partial charge in [0.05, 0.1) is 11.1 Å². The normalized spacial score (nSPS) is 10.9. The van der Waals surface area contributed by atoms with E-state index in [1.807, 2.05) is 30.3 Å². The highest BCUT2D eigenvalue weighted by atomic mass is 79.9. The minimum atomic E-state index is -0.569. The first-order valence-corrected chi connectivity index (χ1v) is 10.0. The summed E-state index contributed by atoms with van der Waals surface area (Å²) in [6, 6.07) is 19.4. The first-order chi connectivity index (χ1) is 15.4. The molecule has 8 nitrogen and oxygen atoms in total. The molecule has 160 valence electrons. The average Bonchev–Trinajstić information content (AvgIpc) is 2.80. The molecule has 0 bridgehead atoms. The number of hydrogen-bond acceptors (Lipinski definition) is 6. The Morgan fingerprint density at radius 2 is 1.75 bits per heavy atom. The molecule has 0 aliphatic heterocycles. The Kier molecular flexibility index (Phi) is 7.60. The van der Waals surface area contributed by atoms with E-state index in [4.69, 9.17) is 4.74 Å². The number of esters is 1. The fourth-order valence-electron chi connectivity index (χ4n) is 2.54. The maximum Gasteiger partial charge on any atom is 0.336 e. The van der Waals surface area contributed by atoms with Gasteiger partial charge in [0.1, 0.15) is 5.75 Å². The van der Waals surface area contributed by atoms with Gasteiger partial charge in [-0.05, 0) is 42.0 Å². The van der Waals surface area contributed by atoms with Crippen LogP contribution in [0.4, 0.5) is 5.69 Å². The molecule has 0 unspecified atom stereocenters. The summed E-state index contributed by atoms with van der Waals surface area (Å²) in [5, 5.41) is 14.6. The first-order valence-electron chi connectivity index (χ1n) is 9.25. The molecule has 0 aromatic heterocycles. The van der Waals surface area contributed by atoms with Crippen molar-refractivity contribution in [3.8, 4) is 5.75 Å². The Labute approximate surface area is 191 Å². The number of benzene rings is 3. The fraction of sp³-hybridized carbons (Fsp3) is 0. The van der Waals surface area contributed by atoms with Crippen LogP contribution in [-0.4, -0.2) is 23.0 Å². The highest BCUT2D eigenvalue weighted by molar-refractivity contribution is 9.10. The van der Waals surface area contributed by atoms with E-state index in [2.05, 4.69) is 26.5 Å². The van der Waals surface area contributed by atoms with Crippen molar-refractivity contribution in [3.63, 3.8) is 0 Å². The SMILES string of the molecule is O=C(/C=C/c1ccccc1)Oc1ccc(Br)cc1/C=N/NC(=O)c1ccc([N+](=O)[O-])cc1. The van der Waals surface area contributed by atoms with Crippen molar-refractivity contribution in [2.75, 3.05) is 0 Å². The molecule has 0 saturated carbocycles. The Morgan fingerprint density at radius 1 is 1.03 bits per heavy atom. The zero-order chi connectivity index (χ0) is 22.9. The summed E-state index contributed by atoms with van der Waals surface area (Å²) >= 11 is 3.34. The summed E-state index contributed by atoms with van der Waals surface area (Å²) in [6.07, 6.45) is 4.28. The summed E-state index contributed by atoms with van der Waals surface area (Å²) in [5.41, 5.74) is 3.73. The van der Waals surface area contributed by atoms with Crippen LogP contribution in [0.2, 0.25) is 0 Å². The van der Waals surface area contributed by atoms with Gasteiger partial charge in [0.25, 0.3) is 11.6 Å². The summed E-state index contributed by atoms with van der Waals surface area (Å²) in [7, 11) is 0. The van der Waals surface area contributed by atoms with Gasteiger partial charge in [-0.15, -0.1) is 0 Å². The molecule has 0 spiro atoms. The van der Waals surface area contributed by atoms with Gasteiger partial charge in [0.2, 0.25) is 0 Å². The molecular formula is C23H16BrN3O5. The monoisotopic (exact) mass is 493 g/mol. The molecule has 0 aliphatic carbocycles. The molecule has 0 heterocycles. The second-order valence-electron chi connectivity index (χ2n) is 6.35. The third kappa shape index (κ3) is 6.44. The van der Waals surface area contributed by atoms with Crippen molar-refractivity contribution in [1.29, 1.82) is 0 Å². The van der Waals surface area contributed by atoms with Crippen molar-refractivity contribution < 1.29 is 19.2 Å². The molecule has 1 amide bonds. The molecule has 1 N–H and O–H groups in total. The van der Waals surface area contributed by atoms with Gasteiger partial charge in [0.15, 0.2) is 0 Å². The van der Waals surface area contributed by atoms with E-state index in [0.29, 0.717) is 5.56 Å². The lowest BCUT2D eigenvalue weighted by molar-refractivity contribution is -0.384. The summed E-state index contributed by atoms with van der Waals surface area (Å²) < 4.78 is 6.11. The minimum absolute atomic E-state index is 0.119. The first kappa shape index (κ1) is 22.6. The molecule has 0 fully saturated rings. The van der Waals surface area contributed by atoms with Crippen molar-refractivity contribution in [2.24, 2.45) is 5.10 Å². The average molecular weight is 494 g/mol. The Morgan fingerprint density at radius 3 is 2.44 bits per heavy atom. The standard InChI is InChI=1S/C23H16BrN3O5/c24-19-9-12-21(32-22(28)13-6-16-4-2-1-3-5-16)18(14-19)15-25-26-23(29)17-7-10-20(11-8-17)27(30)31/h1-15H,(H,26,29)/b13-6+,25-15+. The lowest BCUT2D eigenvalue weighted by atomic mass is 10.2. The molecule has 3 rings (SSSR count). The summed E-state index contributed by atoms with van der Waals surface area (Å²) in [4.78, 5) is 34.5. The van der Waals surface area contributed by atoms with Crippen molar-refractivity contribution in [1.82, 2.24) is 5.43 Å². The van der Waals surface area contributed by atoms with Crippen molar-refractivity contribution in [2.45, 2.75) is 0 Å². The Bertz CT molecular complexity index is 1190. The van der Waals surface area contributed by atoms with Crippen LogP contribution in [0, 0.1) is 10.1 Å². The number of hydrazone groups is 1. The smallest absolute Gasteiger partial charge is 0.336 e. The van der Waals surface area contributed by atoms with Gasteiger partial charge < -0.3 is 4.74 Å². The second-order valence-corrected chi connectivity index (χ2v) is 7.27. The molecule has 0 radical (unpaired) electrons. The molecule has 0 aliphatic rings. The highest BCUT2D eigenvalue weighted by Gasteiger charge is 2.10. The molecule has 3 aromatic carbocycles. The number of nitrogens with one attached hydrogen (secondary N) is 1. The summed E-state index contributed by atoms with van der Waals surface area (Å²) in [5.74, 6) is -0.861. The quantitative estimate of drug-likeness (QED) is 0.127. The predicted molar refractivity (Wildman–Crippen MR) is 123 cm³/mol. The number of carbonyl (C=O) groups is 2. The van der Waals surface area contributed by atoms with Gasteiger partial charge in [0, 0.05) is 33.8 Å². The van der Waals surface area contributed by atoms with Gasteiger partial charge in [-0.3, -0.25) is 14.9 Å². The van der Waals surface area contributed by atoms with Crippen molar-refractivity contribution >= 4 is 45.8 Å². The van der Waals surface area contributed by atoms with Gasteiger partial charge in [-0.2, -0.15) is 5.10 Å². The fourth-order valence-corrected chi connectivity index (χ4v) is 2.92. The maximum atomic E-state index is 12.2. The van der Waals surface area contributed by atoms with Gasteiger partial charge >= 0.3 is 5.97 Å². The molecule has 0 saturated heterocycles. The number of amides is 1. The van der Waals surface area contributed by atoms with Crippen LogP contribution in [-0.2, 0) is 4.79 Å². The molecule has 9 heteroatoms. The van der Waals surface area contributed by atoms with E-state index in [1.165, 1.54) is 36.6 Å². The topological polar surface area (TPSA) is 111 Å². The van der Waals surface area contributed by atoms with Gasteiger partial charge in [-0.1, -0.05) is 46.3 Å². The van der Waals surface area contributed by atoms with Crippen LogP contribution in [0.15, 0.2) is 88.4 Å². The highest BCUT2D eigenvalue weighted by Crippen LogP contribution is 2.22. The number of rotatable bonds is 7.